The molecule has 0 bridgehead atoms. The quantitative estimate of drug-likeness (QED) is 0.792. The van der Waals surface area contributed by atoms with Gasteiger partial charge in [-0.1, -0.05) is 41.9 Å². The van der Waals surface area contributed by atoms with Gasteiger partial charge in [0, 0.05) is 23.2 Å². The minimum absolute atomic E-state index is 0.0691. The van der Waals surface area contributed by atoms with Crippen molar-refractivity contribution >= 4 is 11.6 Å². The van der Waals surface area contributed by atoms with Crippen molar-refractivity contribution in [1.82, 2.24) is 5.32 Å². The van der Waals surface area contributed by atoms with Crippen LogP contribution in [0.1, 0.15) is 30.0 Å². The number of rotatable bonds is 6. The molecule has 2 aromatic rings. The normalized spacial score (nSPS) is 12.6. The van der Waals surface area contributed by atoms with E-state index >= 15 is 0 Å². The monoisotopic (exact) mass is 309 g/mol. The lowest BCUT2D eigenvalue weighted by molar-refractivity contribution is 0.151. The lowest BCUT2D eigenvalue weighted by Crippen LogP contribution is -2.27. The van der Waals surface area contributed by atoms with Crippen molar-refractivity contribution in [2.75, 3.05) is 0 Å². The number of hydrogen-bond acceptors (Lipinski definition) is 1. The number of halogens is 3. The number of nitrogens with one attached hydrogen (secondary N) is 1. The summed E-state index contributed by atoms with van der Waals surface area (Å²) in [6.07, 6.45) is -1.55. The summed E-state index contributed by atoms with van der Waals surface area (Å²) in [5.74, 6) is 0. The van der Waals surface area contributed by atoms with Gasteiger partial charge in [0.15, 0.2) is 0 Å². The van der Waals surface area contributed by atoms with Crippen molar-refractivity contribution in [1.29, 1.82) is 0 Å². The first-order valence-corrected chi connectivity index (χ1v) is 7.27. The molecule has 4 heteroatoms. The maximum Gasteiger partial charge on any atom is 0.263 e. The van der Waals surface area contributed by atoms with E-state index in [1.165, 1.54) is 11.6 Å². The average Bonchev–Trinajstić information content (AvgIpc) is 2.48. The Kier molecular flexibility index (Phi) is 5.71. The summed E-state index contributed by atoms with van der Waals surface area (Å²) in [7, 11) is 0. The van der Waals surface area contributed by atoms with E-state index in [4.69, 9.17) is 11.6 Å². The molecule has 0 fully saturated rings. The summed E-state index contributed by atoms with van der Waals surface area (Å²) in [5, 5.41) is 4.08. The molecule has 2 rings (SSSR count). The van der Waals surface area contributed by atoms with E-state index < -0.39 is 6.43 Å². The van der Waals surface area contributed by atoms with Gasteiger partial charge in [0.05, 0.1) is 0 Å². The van der Waals surface area contributed by atoms with Gasteiger partial charge in [-0.05, 0) is 42.7 Å². The Morgan fingerprint density at radius 3 is 2.43 bits per heavy atom. The molecule has 1 N–H and O–H groups in total. The van der Waals surface area contributed by atoms with E-state index in [0.717, 1.165) is 17.0 Å². The Labute approximate surface area is 128 Å². The predicted molar refractivity (Wildman–Crippen MR) is 82.9 cm³/mol. The minimum Gasteiger partial charge on any atom is -0.310 e. The SMILES string of the molecule is CC(Cc1ccc(Cl)cc1)NCc1cccc(C(F)F)c1. The van der Waals surface area contributed by atoms with Crippen molar-refractivity contribution in [3.8, 4) is 0 Å². The lowest BCUT2D eigenvalue weighted by Gasteiger charge is -2.14. The van der Waals surface area contributed by atoms with Crippen LogP contribution in [0.25, 0.3) is 0 Å². The van der Waals surface area contributed by atoms with Crippen LogP contribution >= 0.6 is 11.6 Å². The third-order valence-corrected chi connectivity index (χ3v) is 3.56. The Morgan fingerprint density at radius 1 is 1.05 bits per heavy atom. The van der Waals surface area contributed by atoms with Crippen LogP contribution in [-0.4, -0.2) is 6.04 Å². The van der Waals surface area contributed by atoms with Gasteiger partial charge in [-0.3, -0.25) is 0 Å². The Hall–Kier alpha value is -1.45. The van der Waals surface area contributed by atoms with E-state index in [-0.39, 0.29) is 11.6 Å². The van der Waals surface area contributed by atoms with Crippen LogP contribution in [0.4, 0.5) is 8.78 Å². The summed E-state index contributed by atoms with van der Waals surface area (Å²) in [6, 6.07) is 14.5. The Morgan fingerprint density at radius 2 is 1.76 bits per heavy atom. The molecule has 0 aliphatic rings. The first-order chi connectivity index (χ1) is 10.0. The highest BCUT2D eigenvalue weighted by Crippen LogP contribution is 2.19. The van der Waals surface area contributed by atoms with E-state index in [9.17, 15) is 8.78 Å². The van der Waals surface area contributed by atoms with Gasteiger partial charge in [0.25, 0.3) is 6.43 Å². The van der Waals surface area contributed by atoms with Gasteiger partial charge >= 0.3 is 0 Å². The summed E-state index contributed by atoms with van der Waals surface area (Å²) in [5.41, 5.74) is 2.14. The van der Waals surface area contributed by atoms with Crippen LogP contribution in [0.15, 0.2) is 48.5 Å². The van der Waals surface area contributed by atoms with Crippen LogP contribution in [0.2, 0.25) is 5.02 Å². The maximum atomic E-state index is 12.6. The molecular formula is C17H18ClF2N. The summed E-state index contributed by atoms with van der Waals surface area (Å²) in [4.78, 5) is 0. The van der Waals surface area contributed by atoms with Gasteiger partial charge in [0.2, 0.25) is 0 Å². The van der Waals surface area contributed by atoms with E-state index in [2.05, 4.69) is 12.2 Å². The van der Waals surface area contributed by atoms with Crippen LogP contribution in [0.3, 0.4) is 0 Å². The van der Waals surface area contributed by atoms with Crippen molar-refractivity contribution in [3.05, 3.63) is 70.2 Å². The Balaban J connectivity index is 1.87. The van der Waals surface area contributed by atoms with E-state index in [1.54, 1.807) is 12.1 Å². The van der Waals surface area contributed by atoms with Crippen molar-refractivity contribution in [3.63, 3.8) is 0 Å². The molecule has 0 heterocycles. The molecule has 2 aromatic carbocycles. The predicted octanol–water partition coefficient (Wildman–Crippen LogP) is 5.00. The standard InChI is InChI=1S/C17H18ClF2N/c1-12(9-13-5-7-16(18)8-6-13)21-11-14-3-2-4-15(10-14)17(19)20/h2-8,10,12,17,21H,9,11H2,1H3. The summed E-state index contributed by atoms with van der Waals surface area (Å²) in [6.45, 7) is 2.65. The molecule has 1 atom stereocenters. The fourth-order valence-corrected chi connectivity index (χ4v) is 2.30. The highest BCUT2D eigenvalue weighted by molar-refractivity contribution is 6.30. The third-order valence-electron chi connectivity index (χ3n) is 3.31. The second-order valence-electron chi connectivity index (χ2n) is 5.16. The highest BCUT2D eigenvalue weighted by Gasteiger charge is 2.08. The zero-order valence-corrected chi connectivity index (χ0v) is 12.6. The molecule has 0 amide bonds. The number of hydrogen-bond donors (Lipinski definition) is 1. The number of benzene rings is 2. The molecule has 112 valence electrons. The molecule has 0 aliphatic carbocycles. The fourth-order valence-electron chi connectivity index (χ4n) is 2.18. The molecule has 0 saturated carbocycles. The largest absolute Gasteiger partial charge is 0.310 e. The average molecular weight is 310 g/mol. The zero-order valence-electron chi connectivity index (χ0n) is 11.8. The molecule has 0 aromatic heterocycles. The van der Waals surface area contributed by atoms with Crippen LogP contribution < -0.4 is 5.32 Å². The molecule has 0 radical (unpaired) electrons. The second kappa shape index (κ2) is 7.53. The van der Waals surface area contributed by atoms with E-state index in [0.29, 0.717) is 6.54 Å². The highest BCUT2D eigenvalue weighted by atomic mass is 35.5. The van der Waals surface area contributed by atoms with Crippen molar-refractivity contribution < 1.29 is 8.78 Å². The van der Waals surface area contributed by atoms with Gasteiger partial charge in [0.1, 0.15) is 0 Å². The second-order valence-corrected chi connectivity index (χ2v) is 5.59. The summed E-state index contributed by atoms with van der Waals surface area (Å²) >= 11 is 5.85. The topological polar surface area (TPSA) is 12.0 Å². The van der Waals surface area contributed by atoms with Crippen molar-refractivity contribution in [2.24, 2.45) is 0 Å². The van der Waals surface area contributed by atoms with Gasteiger partial charge in [-0.2, -0.15) is 0 Å². The minimum atomic E-state index is -2.42. The van der Waals surface area contributed by atoms with Crippen LogP contribution in [0, 0.1) is 0 Å². The fraction of sp³-hybridized carbons (Fsp3) is 0.294. The Bertz CT molecular complexity index is 569. The van der Waals surface area contributed by atoms with Crippen LogP contribution in [-0.2, 0) is 13.0 Å². The molecule has 21 heavy (non-hydrogen) atoms. The lowest BCUT2D eigenvalue weighted by atomic mass is 10.1. The molecule has 0 saturated heterocycles. The van der Waals surface area contributed by atoms with Crippen molar-refractivity contribution in [2.45, 2.75) is 32.4 Å². The smallest absolute Gasteiger partial charge is 0.263 e. The molecule has 1 unspecified atom stereocenters. The van der Waals surface area contributed by atoms with Gasteiger partial charge < -0.3 is 5.32 Å². The van der Waals surface area contributed by atoms with Crippen LogP contribution in [0.5, 0.6) is 0 Å². The first-order valence-electron chi connectivity index (χ1n) is 6.89. The maximum absolute atomic E-state index is 12.6. The van der Waals surface area contributed by atoms with Gasteiger partial charge in [-0.15, -0.1) is 0 Å². The van der Waals surface area contributed by atoms with Gasteiger partial charge in [-0.25, -0.2) is 8.78 Å². The molecular weight excluding hydrogens is 292 g/mol. The molecule has 1 nitrogen and oxygen atoms in total. The number of alkyl halides is 2. The van der Waals surface area contributed by atoms with E-state index in [1.807, 2.05) is 30.3 Å². The summed E-state index contributed by atoms with van der Waals surface area (Å²) < 4.78 is 25.3. The first kappa shape index (κ1) is 15.9. The molecule has 0 spiro atoms. The zero-order chi connectivity index (χ0) is 15.2. The third kappa shape index (κ3) is 5.10. The molecule has 0 aliphatic heterocycles.